The van der Waals surface area contributed by atoms with Gasteiger partial charge in [0.15, 0.2) is 0 Å². The van der Waals surface area contributed by atoms with E-state index in [1.165, 1.54) is 64.5 Å². The van der Waals surface area contributed by atoms with E-state index < -0.39 is 0 Å². The van der Waals surface area contributed by atoms with Crippen molar-refractivity contribution in [1.82, 2.24) is 9.80 Å². The smallest absolute Gasteiger partial charge is 0.0751 e. The normalized spacial score (nSPS) is 53.8. The number of likely N-dealkylation sites (tertiary alicyclic amines) is 1. The zero-order valence-electron chi connectivity index (χ0n) is 21.1. The molecule has 0 aromatic heterocycles. The van der Waals surface area contributed by atoms with E-state index in [-0.39, 0.29) is 17.6 Å². The molecule has 6 rings (SSSR count). The van der Waals surface area contributed by atoms with Gasteiger partial charge in [0.05, 0.1) is 25.4 Å². The summed E-state index contributed by atoms with van der Waals surface area (Å²) in [4.78, 5) is 5.20. The molecule has 0 spiro atoms. The summed E-state index contributed by atoms with van der Waals surface area (Å²) in [6.07, 6.45) is 12.1. The maximum atomic E-state index is 11.6. The highest BCUT2D eigenvalue weighted by Gasteiger charge is 2.63. The Hall–Kier alpha value is -0.200. The van der Waals surface area contributed by atoms with E-state index in [1.807, 2.05) is 0 Å². The molecule has 4 aliphatic carbocycles. The quantitative estimate of drug-likeness (QED) is 0.660. The number of ether oxygens (including phenoxy) is 1. The highest BCUT2D eigenvalue weighted by atomic mass is 16.5. The van der Waals surface area contributed by atoms with Gasteiger partial charge in [0.25, 0.3) is 0 Å². The summed E-state index contributed by atoms with van der Waals surface area (Å²) < 4.78 is 5.62. The molecule has 6 fully saturated rings. The number of aliphatic hydroxyl groups is 2. The van der Waals surface area contributed by atoms with Gasteiger partial charge in [-0.15, -0.1) is 0 Å². The highest BCUT2D eigenvalue weighted by Crippen LogP contribution is 2.66. The van der Waals surface area contributed by atoms with Gasteiger partial charge in [0, 0.05) is 25.2 Å². The third-order valence-corrected chi connectivity index (χ3v) is 12.0. The molecule has 5 heteroatoms. The molecule has 33 heavy (non-hydrogen) atoms. The van der Waals surface area contributed by atoms with E-state index in [1.54, 1.807) is 0 Å². The van der Waals surface area contributed by atoms with Crippen molar-refractivity contribution in [2.75, 3.05) is 39.4 Å². The van der Waals surface area contributed by atoms with Crippen LogP contribution >= 0.6 is 0 Å². The van der Waals surface area contributed by atoms with Crippen molar-refractivity contribution in [2.24, 2.45) is 34.5 Å². The lowest BCUT2D eigenvalue weighted by molar-refractivity contribution is -0.158. The third-order valence-electron chi connectivity index (χ3n) is 12.0. The lowest BCUT2D eigenvalue weighted by Gasteiger charge is -2.62. The molecule has 2 saturated heterocycles. The molecule has 2 heterocycles. The number of aliphatic hydroxyl groups excluding tert-OH is 2. The summed E-state index contributed by atoms with van der Waals surface area (Å²) in [5.74, 6) is 2.86. The van der Waals surface area contributed by atoms with E-state index in [0.29, 0.717) is 29.3 Å². The fraction of sp³-hybridized carbons (Fsp3) is 1.00. The molecule has 0 aromatic rings. The molecular formula is C28H48N2O3. The van der Waals surface area contributed by atoms with Crippen molar-refractivity contribution in [1.29, 1.82) is 0 Å². The van der Waals surface area contributed by atoms with E-state index in [4.69, 9.17) is 4.74 Å². The van der Waals surface area contributed by atoms with Crippen molar-refractivity contribution in [3.63, 3.8) is 0 Å². The maximum Gasteiger partial charge on any atom is 0.0751 e. The predicted octanol–water partition coefficient (Wildman–Crippen LogP) is 3.53. The summed E-state index contributed by atoms with van der Waals surface area (Å²) in [5, 5.41) is 22.8. The molecular weight excluding hydrogens is 412 g/mol. The zero-order chi connectivity index (χ0) is 22.8. The van der Waals surface area contributed by atoms with E-state index >= 15 is 0 Å². The Morgan fingerprint density at radius 1 is 0.758 bits per heavy atom. The SMILES string of the molecule is C[C@]12C[C@H](N3CCOCC3)[C@@H](O)C[C@@H]1CC[C@@H]1[C@@H]2CC[C@]2(C)[C@H](O)[C@@H](N3CCCCC3)C[C@@H]12. The molecule has 2 aliphatic heterocycles. The predicted molar refractivity (Wildman–Crippen MR) is 130 cm³/mol. The standard InChI is InChI=1S/C28H48N2O3/c1-27-9-8-21-20(22(27)17-23(26(27)32)29-10-4-3-5-11-29)7-6-19-16-25(31)24(18-28(19,21)2)30-12-14-33-15-13-30/h19-26,31-32H,3-18H2,1-2H3/t19-,20+,21-,22-,23-,24-,25-,26+,27-,28-/m0/s1. The van der Waals surface area contributed by atoms with Crippen LogP contribution in [0.15, 0.2) is 0 Å². The Morgan fingerprint density at radius 2 is 1.48 bits per heavy atom. The fourth-order valence-electron chi connectivity index (χ4n) is 10.1. The van der Waals surface area contributed by atoms with Crippen LogP contribution in [-0.2, 0) is 4.74 Å². The lowest BCUT2D eigenvalue weighted by Crippen LogP contribution is -2.61. The first-order chi connectivity index (χ1) is 15.9. The van der Waals surface area contributed by atoms with Gasteiger partial charge in [0.1, 0.15) is 0 Å². The van der Waals surface area contributed by atoms with E-state index in [9.17, 15) is 10.2 Å². The molecule has 0 radical (unpaired) electrons. The highest BCUT2D eigenvalue weighted by molar-refractivity contribution is 5.14. The molecule has 4 saturated carbocycles. The minimum Gasteiger partial charge on any atom is -0.391 e. The molecule has 0 unspecified atom stereocenters. The van der Waals surface area contributed by atoms with Crippen LogP contribution in [0.1, 0.15) is 78.1 Å². The number of morpholine rings is 1. The van der Waals surface area contributed by atoms with Crippen molar-refractivity contribution in [2.45, 2.75) is 102 Å². The first-order valence-electron chi connectivity index (χ1n) is 14.3. The van der Waals surface area contributed by atoms with Crippen LogP contribution in [-0.4, -0.2) is 83.7 Å². The fourth-order valence-corrected chi connectivity index (χ4v) is 10.1. The van der Waals surface area contributed by atoms with Crippen LogP contribution in [0.25, 0.3) is 0 Å². The van der Waals surface area contributed by atoms with Crippen LogP contribution in [0.4, 0.5) is 0 Å². The largest absolute Gasteiger partial charge is 0.391 e. The average Bonchev–Trinajstić information content (AvgIpc) is 3.11. The van der Waals surface area contributed by atoms with Gasteiger partial charge in [-0.25, -0.2) is 0 Å². The zero-order valence-corrected chi connectivity index (χ0v) is 21.1. The molecule has 2 N–H and O–H groups in total. The van der Waals surface area contributed by atoms with E-state index in [2.05, 4.69) is 23.6 Å². The van der Waals surface area contributed by atoms with Crippen molar-refractivity contribution >= 4 is 0 Å². The monoisotopic (exact) mass is 460 g/mol. The minimum absolute atomic E-state index is 0.101. The Labute approximate surface area is 201 Å². The van der Waals surface area contributed by atoms with Crippen LogP contribution in [0.5, 0.6) is 0 Å². The van der Waals surface area contributed by atoms with Gasteiger partial charge in [0.2, 0.25) is 0 Å². The van der Waals surface area contributed by atoms with Gasteiger partial charge < -0.3 is 14.9 Å². The number of rotatable bonds is 2. The maximum absolute atomic E-state index is 11.6. The number of nitrogens with zero attached hydrogens (tertiary/aromatic N) is 2. The van der Waals surface area contributed by atoms with Crippen molar-refractivity contribution in [3.8, 4) is 0 Å². The summed E-state index contributed by atoms with van der Waals surface area (Å²) >= 11 is 0. The van der Waals surface area contributed by atoms with Crippen molar-refractivity contribution < 1.29 is 14.9 Å². The summed E-state index contributed by atoms with van der Waals surface area (Å²) in [7, 11) is 0. The Bertz CT molecular complexity index is 707. The number of hydrogen-bond donors (Lipinski definition) is 2. The first-order valence-corrected chi connectivity index (χ1v) is 14.3. The van der Waals surface area contributed by atoms with Gasteiger partial charge >= 0.3 is 0 Å². The summed E-state index contributed by atoms with van der Waals surface area (Å²) in [6, 6.07) is 0.691. The molecule has 0 bridgehead atoms. The van der Waals surface area contributed by atoms with Gasteiger partial charge in [-0.05, 0) is 105 Å². The molecule has 0 amide bonds. The van der Waals surface area contributed by atoms with Gasteiger partial charge in [-0.1, -0.05) is 20.3 Å². The minimum atomic E-state index is -0.177. The second-order valence-electron chi connectivity index (χ2n) is 13.3. The first kappa shape index (κ1) is 23.2. The third kappa shape index (κ3) is 3.66. The Kier molecular flexibility index (Phi) is 6.14. The number of hydrogen-bond acceptors (Lipinski definition) is 5. The number of piperidine rings is 1. The molecule has 0 aromatic carbocycles. The Morgan fingerprint density at radius 3 is 2.24 bits per heavy atom. The average molecular weight is 461 g/mol. The van der Waals surface area contributed by atoms with Crippen LogP contribution in [0.3, 0.4) is 0 Å². The van der Waals surface area contributed by atoms with Crippen LogP contribution < -0.4 is 0 Å². The van der Waals surface area contributed by atoms with Crippen LogP contribution in [0, 0.1) is 34.5 Å². The molecule has 10 atom stereocenters. The van der Waals surface area contributed by atoms with Crippen LogP contribution in [0.2, 0.25) is 0 Å². The Balaban J connectivity index is 1.24. The summed E-state index contributed by atoms with van der Waals surface area (Å²) in [6.45, 7) is 11.0. The van der Waals surface area contributed by atoms with Gasteiger partial charge in [-0.3, -0.25) is 9.80 Å². The van der Waals surface area contributed by atoms with Gasteiger partial charge in [-0.2, -0.15) is 0 Å². The number of fused-ring (bicyclic) bond motifs is 5. The molecule has 188 valence electrons. The summed E-state index contributed by atoms with van der Waals surface area (Å²) in [5.41, 5.74) is 0.435. The lowest BCUT2D eigenvalue weighted by atomic mass is 9.44. The second kappa shape index (κ2) is 8.73. The molecule has 6 aliphatic rings. The molecule has 5 nitrogen and oxygen atoms in total. The topological polar surface area (TPSA) is 56.2 Å². The second-order valence-corrected chi connectivity index (χ2v) is 13.3. The van der Waals surface area contributed by atoms with Crippen molar-refractivity contribution in [3.05, 3.63) is 0 Å². The van der Waals surface area contributed by atoms with E-state index in [0.717, 1.165) is 51.0 Å².